The SMILES string of the molecule is CCc1cc(CCCC(O)C(C)(C)C)n(C)n1. The number of nitrogens with zero attached hydrogens (tertiary/aromatic N) is 2. The number of aryl methyl sites for hydroxylation is 3. The lowest BCUT2D eigenvalue weighted by atomic mass is 9.86. The van der Waals surface area contributed by atoms with Gasteiger partial charge in [0.05, 0.1) is 11.8 Å². The molecule has 0 aliphatic carbocycles. The van der Waals surface area contributed by atoms with Gasteiger partial charge in [-0.3, -0.25) is 4.68 Å². The smallest absolute Gasteiger partial charge is 0.0624 e. The van der Waals surface area contributed by atoms with Crippen molar-refractivity contribution in [2.24, 2.45) is 12.5 Å². The largest absolute Gasteiger partial charge is 0.393 e. The predicted molar refractivity (Wildman–Crippen MR) is 71.0 cm³/mol. The predicted octanol–water partition coefficient (Wildman–Crippen LogP) is 2.71. The maximum Gasteiger partial charge on any atom is 0.0624 e. The molecule has 0 saturated carbocycles. The first kappa shape index (κ1) is 14.2. The molecule has 0 aromatic carbocycles. The van der Waals surface area contributed by atoms with E-state index in [4.69, 9.17) is 0 Å². The van der Waals surface area contributed by atoms with Crippen LogP contribution in [0, 0.1) is 5.41 Å². The Hall–Kier alpha value is -0.830. The second-order valence-electron chi connectivity index (χ2n) is 5.88. The number of hydrogen-bond acceptors (Lipinski definition) is 2. The summed E-state index contributed by atoms with van der Waals surface area (Å²) < 4.78 is 1.96. The van der Waals surface area contributed by atoms with Crippen molar-refractivity contribution >= 4 is 0 Å². The van der Waals surface area contributed by atoms with Crippen LogP contribution in [-0.2, 0) is 19.9 Å². The molecule has 1 unspecified atom stereocenters. The van der Waals surface area contributed by atoms with Gasteiger partial charge in [-0.1, -0.05) is 27.7 Å². The van der Waals surface area contributed by atoms with E-state index in [2.05, 4.69) is 38.9 Å². The molecule has 0 radical (unpaired) electrons. The summed E-state index contributed by atoms with van der Waals surface area (Å²) in [6.45, 7) is 8.36. The molecule has 1 heterocycles. The Kier molecular flexibility index (Phi) is 4.75. The quantitative estimate of drug-likeness (QED) is 0.856. The van der Waals surface area contributed by atoms with E-state index in [1.54, 1.807) is 0 Å². The lowest BCUT2D eigenvalue weighted by molar-refractivity contribution is 0.0539. The van der Waals surface area contributed by atoms with Gasteiger partial charge in [-0.2, -0.15) is 5.10 Å². The van der Waals surface area contributed by atoms with Gasteiger partial charge in [0.25, 0.3) is 0 Å². The fraction of sp³-hybridized carbons (Fsp3) is 0.786. The molecule has 98 valence electrons. The van der Waals surface area contributed by atoms with Crippen molar-refractivity contribution in [1.82, 2.24) is 9.78 Å². The van der Waals surface area contributed by atoms with Crippen LogP contribution in [0.1, 0.15) is 51.9 Å². The number of aliphatic hydroxyl groups is 1. The fourth-order valence-corrected chi connectivity index (χ4v) is 1.89. The summed E-state index contributed by atoms with van der Waals surface area (Å²) in [6, 6.07) is 2.17. The van der Waals surface area contributed by atoms with Crippen LogP contribution in [0.5, 0.6) is 0 Å². The van der Waals surface area contributed by atoms with Gasteiger partial charge in [-0.05, 0) is 37.2 Å². The van der Waals surface area contributed by atoms with E-state index in [9.17, 15) is 5.11 Å². The van der Waals surface area contributed by atoms with Crippen LogP contribution in [0.25, 0.3) is 0 Å². The minimum atomic E-state index is -0.221. The topological polar surface area (TPSA) is 38.0 Å². The Labute approximate surface area is 105 Å². The second kappa shape index (κ2) is 5.67. The Balaban J connectivity index is 2.43. The Morgan fingerprint density at radius 1 is 1.41 bits per heavy atom. The molecule has 1 aromatic rings. The molecule has 1 aromatic heterocycles. The number of aromatic nitrogens is 2. The van der Waals surface area contributed by atoms with E-state index >= 15 is 0 Å². The molecular formula is C14H26N2O. The molecule has 3 heteroatoms. The number of hydrogen-bond donors (Lipinski definition) is 1. The van der Waals surface area contributed by atoms with Crippen LogP contribution in [-0.4, -0.2) is 21.0 Å². The maximum absolute atomic E-state index is 9.96. The molecule has 0 spiro atoms. The lowest BCUT2D eigenvalue weighted by Gasteiger charge is -2.25. The molecule has 17 heavy (non-hydrogen) atoms. The van der Waals surface area contributed by atoms with Gasteiger partial charge in [0.2, 0.25) is 0 Å². The summed E-state index contributed by atoms with van der Waals surface area (Å²) in [5.41, 5.74) is 2.41. The zero-order chi connectivity index (χ0) is 13.1. The van der Waals surface area contributed by atoms with Gasteiger partial charge in [0.1, 0.15) is 0 Å². The first-order valence-electron chi connectivity index (χ1n) is 6.54. The third kappa shape index (κ3) is 4.15. The van der Waals surface area contributed by atoms with E-state index < -0.39 is 0 Å². The average Bonchev–Trinajstić information content (AvgIpc) is 2.58. The highest BCUT2D eigenvalue weighted by atomic mass is 16.3. The molecule has 1 rings (SSSR count). The van der Waals surface area contributed by atoms with Gasteiger partial charge in [0.15, 0.2) is 0 Å². The average molecular weight is 238 g/mol. The van der Waals surface area contributed by atoms with Crippen LogP contribution in [0.2, 0.25) is 0 Å². The Morgan fingerprint density at radius 2 is 2.06 bits per heavy atom. The van der Waals surface area contributed by atoms with Gasteiger partial charge in [-0.25, -0.2) is 0 Å². The van der Waals surface area contributed by atoms with E-state index in [1.807, 2.05) is 11.7 Å². The molecule has 1 N–H and O–H groups in total. The van der Waals surface area contributed by atoms with Crippen molar-refractivity contribution in [3.05, 3.63) is 17.5 Å². The van der Waals surface area contributed by atoms with Gasteiger partial charge >= 0.3 is 0 Å². The van der Waals surface area contributed by atoms with Crippen molar-refractivity contribution in [2.45, 2.75) is 59.5 Å². The van der Waals surface area contributed by atoms with E-state index in [1.165, 1.54) is 5.69 Å². The van der Waals surface area contributed by atoms with Crippen LogP contribution in [0.15, 0.2) is 6.07 Å². The van der Waals surface area contributed by atoms with Gasteiger partial charge in [0, 0.05) is 12.7 Å². The first-order chi connectivity index (χ1) is 7.84. The monoisotopic (exact) mass is 238 g/mol. The van der Waals surface area contributed by atoms with Gasteiger partial charge in [-0.15, -0.1) is 0 Å². The fourth-order valence-electron chi connectivity index (χ4n) is 1.89. The summed E-state index contributed by atoms with van der Waals surface area (Å²) in [6.07, 6.45) is 3.63. The Bertz CT molecular complexity index is 350. The van der Waals surface area contributed by atoms with E-state index in [-0.39, 0.29) is 11.5 Å². The molecule has 0 amide bonds. The van der Waals surface area contributed by atoms with Crippen LogP contribution >= 0.6 is 0 Å². The van der Waals surface area contributed by atoms with E-state index in [0.29, 0.717) is 0 Å². The van der Waals surface area contributed by atoms with E-state index in [0.717, 1.165) is 31.4 Å². The summed E-state index contributed by atoms with van der Waals surface area (Å²) in [5, 5.41) is 14.4. The number of aliphatic hydroxyl groups excluding tert-OH is 1. The summed E-state index contributed by atoms with van der Waals surface area (Å²) in [5.74, 6) is 0. The lowest BCUT2D eigenvalue weighted by Crippen LogP contribution is -2.25. The normalized spacial score (nSPS) is 14.0. The van der Waals surface area contributed by atoms with Crippen LogP contribution in [0.3, 0.4) is 0 Å². The first-order valence-corrected chi connectivity index (χ1v) is 6.54. The maximum atomic E-state index is 9.96. The minimum Gasteiger partial charge on any atom is -0.393 e. The van der Waals surface area contributed by atoms with Crippen molar-refractivity contribution < 1.29 is 5.11 Å². The molecule has 0 bridgehead atoms. The summed E-state index contributed by atoms with van der Waals surface area (Å²) in [4.78, 5) is 0. The molecule has 1 atom stereocenters. The van der Waals surface area contributed by atoms with Crippen molar-refractivity contribution in [3.8, 4) is 0 Å². The standard InChI is InChI=1S/C14H26N2O/c1-6-11-10-12(16(5)15-11)8-7-9-13(17)14(2,3)4/h10,13,17H,6-9H2,1-5H3. The van der Waals surface area contributed by atoms with Crippen molar-refractivity contribution in [2.75, 3.05) is 0 Å². The Morgan fingerprint density at radius 3 is 2.53 bits per heavy atom. The zero-order valence-electron chi connectivity index (χ0n) is 11.8. The molecule has 0 saturated heterocycles. The van der Waals surface area contributed by atoms with Gasteiger partial charge < -0.3 is 5.11 Å². The summed E-state index contributed by atoms with van der Waals surface area (Å²) >= 11 is 0. The third-order valence-electron chi connectivity index (χ3n) is 3.30. The summed E-state index contributed by atoms with van der Waals surface area (Å²) in [7, 11) is 1.99. The molecule has 0 fully saturated rings. The highest BCUT2D eigenvalue weighted by Crippen LogP contribution is 2.23. The van der Waals surface area contributed by atoms with Crippen molar-refractivity contribution in [3.63, 3.8) is 0 Å². The third-order valence-corrected chi connectivity index (χ3v) is 3.30. The highest BCUT2D eigenvalue weighted by Gasteiger charge is 2.21. The second-order valence-corrected chi connectivity index (χ2v) is 5.88. The molecule has 0 aliphatic heterocycles. The molecule has 0 aliphatic rings. The molecular weight excluding hydrogens is 212 g/mol. The van der Waals surface area contributed by atoms with Crippen LogP contribution < -0.4 is 0 Å². The number of rotatable bonds is 5. The molecule has 3 nitrogen and oxygen atoms in total. The highest BCUT2D eigenvalue weighted by molar-refractivity contribution is 5.10. The zero-order valence-corrected chi connectivity index (χ0v) is 11.8. The minimum absolute atomic E-state index is 0.0129. The van der Waals surface area contributed by atoms with Crippen LogP contribution in [0.4, 0.5) is 0 Å². The van der Waals surface area contributed by atoms with Crippen molar-refractivity contribution in [1.29, 1.82) is 0 Å².